The van der Waals surface area contributed by atoms with E-state index in [0.717, 1.165) is 26.9 Å². The number of hydrazone groups is 1. The number of carbonyl (C=O) groups is 1. The Balaban J connectivity index is 1.66. The Hall–Kier alpha value is -3.88. The van der Waals surface area contributed by atoms with Gasteiger partial charge in [0, 0.05) is 11.9 Å². The van der Waals surface area contributed by atoms with Gasteiger partial charge < -0.3 is 4.90 Å². The number of aryl methyl sites for hydroxylation is 1. The minimum Gasteiger partial charge on any atom is -0.337 e. The summed E-state index contributed by atoms with van der Waals surface area (Å²) < 4.78 is 2.85. The van der Waals surface area contributed by atoms with Crippen molar-refractivity contribution in [1.82, 2.24) is 4.57 Å². The molecular weight excluding hydrogens is 488 g/mol. The highest BCUT2D eigenvalue weighted by molar-refractivity contribution is 8.08. The van der Waals surface area contributed by atoms with Gasteiger partial charge in [0.25, 0.3) is 11.5 Å². The number of aromatic nitrogens is 1. The lowest BCUT2D eigenvalue weighted by Gasteiger charge is -2.11. The molecule has 8 heteroatoms. The first-order chi connectivity index (χ1) is 17.4. The van der Waals surface area contributed by atoms with Gasteiger partial charge in [-0.15, -0.1) is 11.3 Å². The number of para-hydroxylation sites is 2. The van der Waals surface area contributed by atoms with Crippen LogP contribution in [0.2, 0.25) is 0 Å². The topological polar surface area (TPSA) is 57.9 Å². The van der Waals surface area contributed by atoms with Crippen molar-refractivity contribution in [3.8, 4) is 5.69 Å². The number of fused-ring (bicyclic) bond motifs is 1. The van der Waals surface area contributed by atoms with Gasteiger partial charge in [-0.3, -0.25) is 14.2 Å². The highest BCUT2D eigenvalue weighted by atomic mass is 32.2. The number of rotatable bonds is 2. The smallest absolute Gasteiger partial charge is 0.283 e. The molecule has 178 valence electrons. The van der Waals surface area contributed by atoms with E-state index < -0.39 is 0 Å². The number of nitrogens with zero attached hydrogens (tertiary/aromatic N) is 4. The first-order valence-corrected chi connectivity index (χ1v) is 13.1. The summed E-state index contributed by atoms with van der Waals surface area (Å²) in [5.74, 6) is -0.242. The minimum atomic E-state index is -0.242. The summed E-state index contributed by atoms with van der Waals surface area (Å²) in [7, 11) is 1.97. The van der Waals surface area contributed by atoms with Gasteiger partial charge in [0.05, 0.1) is 28.3 Å². The van der Waals surface area contributed by atoms with E-state index in [9.17, 15) is 9.59 Å². The zero-order valence-electron chi connectivity index (χ0n) is 19.9. The van der Waals surface area contributed by atoms with E-state index in [4.69, 9.17) is 0 Å². The number of hydrogen-bond donors (Lipinski definition) is 0. The molecule has 6 rings (SSSR count). The maximum Gasteiger partial charge on any atom is 0.283 e. The Morgan fingerprint density at radius 1 is 0.833 bits per heavy atom. The van der Waals surface area contributed by atoms with Crippen LogP contribution in [-0.4, -0.2) is 23.2 Å². The monoisotopic (exact) mass is 510 g/mol. The number of thioether (sulfide) groups is 1. The predicted molar refractivity (Wildman–Crippen MR) is 148 cm³/mol. The third-order valence-electron chi connectivity index (χ3n) is 6.22. The van der Waals surface area contributed by atoms with Gasteiger partial charge in [-0.1, -0.05) is 54.2 Å². The molecule has 1 aromatic heterocycles. The molecule has 0 spiro atoms. The van der Waals surface area contributed by atoms with Gasteiger partial charge in [0.15, 0.2) is 0 Å². The molecule has 0 aliphatic carbocycles. The van der Waals surface area contributed by atoms with Crippen LogP contribution in [0.5, 0.6) is 0 Å². The molecule has 2 aliphatic heterocycles. The second kappa shape index (κ2) is 8.65. The lowest BCUT2D eigenvalue weighted by atomic mass is 10.2. The normalized spacial score (nSPS) is 18.1. The van der Waals surface area contributed by atoms with Gasteiger partial charge in [-0.05, 0) is 55.8 Å². The molecule has 0 radical (unpaired) electrons. The summed E-state index contributed by atoms with van der Waals surface area (Å²) in [6.07, 6.45) is 0. The quantitative estimate of drug-likeness (QED) is 0.408. The van der Waals surface area contributed by atoms with Gasteiger partial charge in [-0.25, -0.2) is 0 Å². The van der Waals surface area contributed by atoms with Gasteiger partial charge >= 0.3 is 0 Å². The average Bonchev–Trinajstić information content (AvgIpc) is 3.50. The van der Waals surface area contributed by atoms with Crippen LogP contribution >= 0.6 is 23.1 Å². The summed E-state index contributed by atoms with van der Waals surface area (Å²) >= 11 is 2.92. The van der Waals surface area contributed by atoms with Gasteiger partial charge in [-0.2, -0.15) is 10.1 Å². The fourth-order valence-electron chi connectivity index (χ4n) is 4.48. The fourth-order valence-corrected chi connectivity index (χ4v) is 7.02. The molecule has 36 heavy (non-hydrogen) atoms. The largest absolute Gasteiger partial charge is 0.337 e. The third kappa shape index (κ3) is 3.53. The average molecular weight is 511 g/mol. The van der Waals surface area contributed by atoms with Crippen molar-refractivity contribution in [1.29, 1.82) is 0 Å². The molecule has 2 aliphatic rings. The summed E-state index contributed by atoms with van der Waals surface area (Å²) in [5.41, 5.74) is 4.39. The number of benzene rings is 3. The summed E-state index contributed by atoms with van der Waals surface area (Å²) in [4.78, 5) is 30.9. The highest BCUT2D eigenvalue weighted by Crippen LogP contribution is 2.45. The zero-order valence-corrected chi connectivity index (χ0v) is 21.6. The zero-order chi connectivity index (χ0) is 25.0. The fraction of sp³-hybridized carbons (Fsp3) is 0.107. The van der Waals surface area contributed by atoms with E-state index in [1.807, 2.05) is 93.7 Å². The van der Waals surface area contributed by atoms with Crippen LogP contribution in [0.25, 0.3) is 16.3 Å². The Bertz CT molecular complexity index is 1750. The second-order valence-corrected chi connectivity index (χ2v) is 10.7. The molecule has 0 N–H and O–H groups in total. The van der Waals surface area contributed by atoms with Crippen LogP contribution in [-0.2, 0) is 4.79 Å². The van der Waals surface area contributed by atoms with Crippen molar-refractivity contribution in [2.45, 2.75) is 18.7 Å². The maximum absolute atomic E-state index is 14.0. The Morgan fingerprint density at radius 2 is 1.56 bits per heavy atom. The maximum atomic E-state index is 14.0. The molecule has 0 bridgehead atoms. The number of anilines is 2. The van der Waals surface area contributed by atoms with E-state index in [-0.39, 0.29) is 11.5 Å². The third-order valence-corrected chi connectivity index (χ3v) is 8.74. The predicted octanol–water partition coefficient (Wildman–Crippen LogP) is 4.09. The number of hydrogen-bond acceptors (Lipinski definition) is 6. The minimum absolute atomic E-state index is 0.144. The molecular formula is C28H22N4O2S2. The first-order valence-electron chi connectivity index (χ1n) is 11.5. The lowest BCUT2D eigenvalue weighted by Crippen LogP contribution is -2.34. The van der Waals surface area contributed by atoms with Crippen molar-refractivity contribution < 1.29 is 4.79 Å². The molecule has 0 atom stereocenters. The van der Waals surface area contributed by atoms with Crippen LogP contribution in [0.4, 0.5) is 11.4 Å². The van der Waals surface area contributed by atoms with E-state index in [0.29, 0.717) is 26.2 Å². The van der Waals surface area contributed by atoms with E-state index in [2.05, 4.69) is 16.1 Å². The molecule has 0 saturated heterocycles. The highest BCUT2D eigenvalue weighted by Gasteiger charge is 2.32. The van der Waals surface area contributed by atoms with Crippen molar-refractivity contribution in [3.63, 3.8) is 0 Å². The Morgan fingerprint density at radius 3 is 2.31 bits per heavy atom. The molecule has 3 aromatic carbocycles. The van der Waals surface area contributed by atoms with Gasteiger partial charge in [0.1, 0.15) is 14.2 Å². The molecule has 1 amide bonds. The summed E-state index contributed by atoms with van der Waals surface area (Å²) in [6, 6.07) is 25.2. The molecule has 4 aromatic rings. The van der Waals surface area contributed by atoms with Crippen LogP contribution in [0.15, 0.2) is 93.7 Å². The van der Waals surface area contributed by atoms with Crippen molar-refractivity contribution in [2.75, 3.05) is 17.0 Å². The standard InChI is InChI=1S/C28H22N4O2S2/c1-17-10-9-13-20(16-17)31-26(34)24(28-30(3)21-14-7-8-15-22(21)35-28)36-27(31)23-18(2)29-32(25(23)33)19-11-5-4-6-12-19/h4-16H,1-3H3. The first kappa shape index (κ1) is 22.6. The van der Waals surface area contributed by atoms with Crippen LogP contribution in [0.3, 0.4) is 0 Å². The Labute approximate surface area is 216 Å². The molecule has 0 saturated carbocycles. The summed E-state index contributed by atoms with van der Waals surface area (Å²) in [5, 5.41) is 6.84. The summed E-state index contributed by atoms with van der Waals surface area (Å²) in [6.45, 7) is 3.81. The van der Waals surface area contributed by atoms with Crippen molar-refractivity contribution in [3.05, 3.63) is 104 Å². The van der Waals surface area contributed by atoms with Crippen LogP contribution in [0.1, 0.15) is 12.5 Å². The number of carbonyl (C=O) groups excluding carboxylic acids is 1. The molecule has 0 unspecified atom stereocenters. The van der Waals surface area contributed by atoms with Crippen molar-refractivity contribution >= 4 is 56.7 Å². The molecule has 0 fully saturated rings. The molecule has 3 heterocycles. The Kier molecular flexibility index (Phi) is 5.43. The van der Waals surface area contributed by atoms with E-state index >= 15 is 0 Å². The van der Waals surface area contributed by atoms with E-state index in [1.54, 1.807) is 16.3 Å². The van der Waals surface area contributed by atoms with Crippen LogP contribution in [0, 0.1) is 6.92 Å². The number of amides is 1. The van der Waals surface area contributed by atoms with Crippen LogP contribution < -0.4 is 24.7 Å². The lowest BCUT2D eigenvalue weighted by molar-refractivity contribution is -0.112. The van der Waals surface area contributed by atoms with Crippen molar-refractivity contribution in [2.24, 2.45) is 5.10 Å². The van der Waals surface area contributed by atoms with Gasteiger partial charge in [0.2, 0.25) is 0 Å². The van der Waals surface area contributed by atoms with E-state index in [1.165, 1.54) is 16.3 Å². The number of thiazole rings is 1. The second-order valence-electron chi connectivity index (χ2n) is 8.66. The SMILES string of the molecule is CC1=NN(c2ccccc2)C(=O)C1=c1sc(=C2Sc3ccccc3N2C)c(=O)n1-c1cccc(C)c1. The molecule has 6 nitrogen and oxygen atoms in total.